The Balaban J connectivity index is 3.18. The number of benzene rings is 1. The van der Waals surface area contributed by atoms with Crippen LogP contribution in [0.25, 0.3) is 0 Å². The zero-order valence-corrected chi connectivity index (χ0v) is 31.3. The minimum absolute atomic E-state index is 0.0284. The summed E-state index contributed by atoms with van der Waals surface area (Å²) in [6.07, 6.45) is -1.65. The molecule has 0 saturated heterocycles. The van der Waals surface area contributed by atoms with Gasteiger partial charge in [-0.15, -0.1) is 0 Å². The number of hydrogen-bond donors (Lipinski definition) is 2. The quantitative estimate of drug-likeness (QED) is 0.0952. The molecule has 0 heterocycles. The number of Topliss-reactive ketones (excluding diaryl/α,β-unsaturated/α-hetero) is 2. The number of esters is 3. The first-order chi connectivity index (χ1) is 23.8. The van der Waals surface area contributed by atoms with Crippen molar-refractivity contribution in [1.82, 2.24) is 10.6 Å². The highest BCUT2D eigenvalue weighted by molar-refractivity contribution is 5.96. The van der Waals surface area contributed by atoms with Crippen molar-refractivity contribution in [3.8, 4) is 0 Å². The first-order valence-corrected chi connectivity index (χ1v) is 17.1. The first kappa shape index (κ1) is 44.9. The van der Waals surface area contributed by atoms with Crippen molar-refractivity contribution in [1.29, 1.82) is 0 Å². The van der Waals surface area contributed by atoms with E-state index in [9.17, 15) is 33.6 Å². The molecule has 0 aliphatic rings. The second kappa shape index (κ2) is 22.6. The van der Waals surface area contributed by atoms with Crippen LogP contribution in [0.5, 0.6) is 0 Å². The van der Waals surface area contributed by atoms with E-state index < -0.39 is 89.8 Å². The summed E-state index contributed by atoms with van der Waals surface area (Å²) in [5.41, 5.74) is -0.987. The van der Waals surface area contributed by atoms with Gasteiger partial charge in [-0.1, -0.05) is 30.3 Å². The number of rotatable bonds is 23. The molecule has 0 radical (unpaired) electrons. The molecule has 0 aliphatic carbocycles. The number of nitrogens with one attached hydrogen (secondary N) is 2. The number of carbonyl (C=O) groups is 7. The molecule has 1 aromatic rings. The lowest BCUT2D eigenvalue weighted by Crippen LogP contribution is -2.47. The number of carbonyl (C=O) groups excluding carboxylic acids is 7. The standard InChI is InChI=1S/C37H56N2O12/c1-25(40)38-28(16-17-32(43)49-24-26-13-10-9-11-14-26)31(42)21-27(22-33(44)50-36(2,3)4)35(46)39-29(23-34(45)51-37(5,6)7)30(41)15-12-18-48-20-19-47-8/h9-11,13-14,27-29H,12,15-24H2,1-8H3,(H,38,40)(H,39,46)/t27-,28+,29-/m0/s1. The molecule has 2 N–H and O–H groups in total. The Bertz CT molecular complexity index is 1300. The van der Waals surface area contributed by atoms with Gasteiger partial charge >= 0.3 is 17.9 Å². The van der Waals surface area contributed by atoms with Crippen LogP contribution in [-0.2, 0) is 63.9 Å². The summed E-state index contributed by atoms with van der Waals surface area (Å²) in [5.74, 6) is -5.96. The van der Waals surface area contributed by atoms with Gasteiger partial charge in [-0.3, -0.25) is 33.6 Å². The predicted octanol–water partition coefficient (Wildman–Crippen LogP) is 3.55. The van der Waals surface area contributed by atoms with Gasteiger partial charge in [0.05, 0.1) is 44.1 Å². The van der Waals surface area contributed by atoms with Crippen molar-refractivity contribution < 1.29 is 57.2 Å². The van der Waals surface area contributed by atoms with E-state index in [1.165, 1.54) is 14.0 Å². The van der Waals surface area contributed by atoms with Crippen molar-refractivity contribution in [2.24, 2.45) is 5.92 Å². The van der Waals surface area contributed by atoms with Crippen molar-refractivity contribution in [3.63, 3.8) is 0 Å². The minimum atomic E-state index is -1.35. The van der Waals surface area contributed by atoms with Gasteiger partial charge in [0.15, 0.2) is 11.6 Å². The first-order valence-electron chi connectivity index (χ1n) is 17.1. The Morgan fingerprint density at radius 3 is 1.86 bits per heavy atom. The zero-order valence-electron chi connectivity index (χ0n) is 31.3. The number of ketones is 2. The van der Waals surface area contributed by atoms with Crippen molar-refractivity contribution in [3.05, 3.63) is 35.9 Å². The van der Waals surface area contributed by atoms with Crippen LogP contribution < -0.4 is 10.6 Å². The molecule has 14 heteroatoms. The van der Waals surface area contributed by atoms with E-state index in [1.807, 2.05) is 6.07 Å². The summed E-state index contributed by atoms with van der Waals surface area (Å²) < 4.78 is 26.4. The van der Waals surface area contributed by atoms with Crippen LogP contribution in [0.15, 0.2) is 30.3 Å². The fourth-order valence-electron chi connectivity index (χ4n) is 4.71. The van der Waals surface area contributed by atoms with E-state index in [2.05, 4.69) is 10.6 Å². The van der Waals surface area contributed by atoms with Gasteiger partial charge in [-0.2, -0.15) is 0 Å². The summed E-state index contributed by atoms with van der Waals surface area (Å²) in [6, 6.07) is 6.50. The number of hydrogen-bond acceptors (Lipinski definition) is 12. The highest BCUT2D eigenvalue weighted by atomic mass is 16.6. The molecule has 1 aromatic carbocycles. The molecular weight excluding hydrogens is 664 g/mol. The number of methoxy groups -OCH3 is 1. The molecule has 0 unspecified atom stereocenters. The third kappa shape index (κ3) is 21.6. The predicted molar refractivity (Wildman–Crippen MR) is 186 cm³/mol. The summed E-state index contributed by atoms with van der Waals surface area (Å²) in [6.45, 7) is 12.1. The smallest absolute Gasteiger partial charge is 0.308 e. The normalized spacial score (nSPS) is 13.3. The number of ether oxygens (including phenoxy) is 5. The van der Waals surface area contributed by atoms with Crippen LogP contribution in [0.2, 0.25) is 0 Å². The highest BCUT2D eigenvalue weighted by Crippen LogP contribution is 2.19. The van der Waals surface area contributed by atoms with Crippen molar-refractivity contribution in [2.45, 2.75) is 123 Å². The average Bonchev–Trinajstić information content (AvgIpc) is 3.01. The maximum absolute atomic E-state index is 13.8. The van der Waals surface area contributed by atoms with E-state index in [0.29, 0.717) is 19.6 Å². The fourth-order valence-corrected chi connectivity index (χ4v) is 4.71. The molecule has 0 spiro atoms. The Morgan fingerprint density at radius 2 is 1.29 bits per heavy atom. The molecule has 3 atom stereocenters. The SMILES string of the molecule is COCCOCCCC(=O)[C@H](CC(=O)OC(C)(C)C)NC(=O)[C@H](CC(=O)OC(C)(C)C)CC(=O)[C@@H](CCC(=O)OCc1ccccc1)NC(C)=O. The third-order valence-electron chi connectivity index (χ3n) is 6.94. The van der Waals surface area contributed by atoms with E-state index in [4.69, 9.17) is 23.7 Å². The fraction of sp³-hybridized carbons (Fsp3) is 0.649. The summed E-state index contributed by atoms with van der Waals surface area (Å²) in [5, 5.41) is 5.07. The Kier molecular flexibility index (Phi) is 19.9. The molecule has 0 aliphatic heterocycles. The van der Waals surface area contributed by atoms with Gasteiger partial charge in [0.1, 0.15) is 17.8 Å². The second-order valence-electron chi connectivity index (χ2n) is 14.1. The average molecular weight is 721 g/mol. The van der Waals surface area contributed by atoms with E-state index in [0.717, 1.165) is 5.56 Å². The lowest BCUT2D eigenvalue weighted by atomic mass is 9.92. The monoisotopic (exact) mass is 720 g/mol. The molecule has 0 saturated carbocycles. The molecule has 51 heavy (non-hydrogen) atoms. The van der Waals surface area contributed by atoms with Crippen LogP contribution in [0, 0.1) is 5.92 Å². The van der Waals surface area contributed by atoms with Crippen molar-refractivity contribution in [2.75, 3.05) is 26.9 Å². The molecule has 286 valence electrons. The molecule has 14 nitrogen and oxygen atoms in total. The molecule has 0 fully saturated rings. The lowest BCUT2D eigenvalue weighted by molar-refractivity contribution is -0.159. The van der Waals surface area contributed by atoms with Crippen LogP contribution in [0.3, 0.4) is 0 Å². The van der Waals surface area contributed by atoms with Gasteiger partial charge in [-0.25, -0.2) is 0 Å². The topological polar surface area (TPSA) is 190 Å². The van der Waals surface area contributed by atoms with Gasteiger partial charge in [0.2, 0.25) is 11.8 Å². The van der Waals surface area contributed by atoms with Gasteiger partial charge in [0, 0.05) is 39.9 Å². The molecule has 0 aromatic heterocycles. The van der Waals surface area contributed by atoms with Crippen LogP contribution in [0.1, 0.15) is 99.0 Å². The van der Waals surface area contributed by atoms with E-state index in [1.54, 1.807) is 65.8 Å². The highest BCUT2D eigenvalue weighted by Gasteiger charge is 2.34. The van der Waals surface area contributed by atoms with Gasteiger partial charge < -0.3 is 34.3 Å². The van der Waals surface area contributed by atoms with Crippen LogP contribution >= 0.6 is 0 Å². The molecular formula is C37H56N2O12. The molecule has 1 rings (SSSR count). The lowest BCUT2D eigenvalue weighted by Gasteiger charge is -2.26. The molecule has 2 amide bonds. The Morgan fingerprint density at radius 1 is 0.686 bits per heavy atom. The van der Waals surface area contributed by atoms with Gasteiger partial charge in [-0.05, 0) is 59.9 Å². The van der Waals surface area contributed by atoms with Crippen LogP contribution in [0.4, 0.5) is 0 Å². The van der Waals surface area contributed by atoms with Crippen LogP contribution in [-0.4, -0.2) is 91.5 Å². The summed E-state index contributed by atoms with van der Waals surface area (Å²) >= 11 is 0. The van der Waals surface area contributed by atoms with Crippen molar-refractivity contribution >= 4 is 41.3 Å². The van der Waals surface area contributed by atoms with E-state index in [-0.39, 0.29) is 32.5 Å². The maximum atomic E-state index is 13.8. The van der Waals surface area contributed by atoms with Gasteiger partial charge in [0.25, 0.3) is 0 Å². The molecule has 0 bridgehead atoms. The Hall–Kier alpha value is -4.17. The third-order valence-corrected chi connectivity index (χ3v) is 6.94. The summed E-state index contributed by atoms with van der Waals surface area (Å²) in [4.78, 5) is 90.8. The number of amides is 2. The minimum Gasteiger partial charge on any atom is -0.461 e. The zero-order chi connectivity index (χ0) is 38.6. The second-order valence-corrected chi connectivity index (χ2v) is 14.1. The largest absolute Gasteiger partial charge is 0.461 e. The summed E-state index contributed by atoms with van der Waals surface area (Å²) in [7, 11) is 1.53. The Labute approximate surface area is 301 Å². The van der Waals surface area contributed by atoms with E-state index >= 15 is 0 Å². The maximum Gasteiger partial charge on any atom is 0.308 e.